The van der Waals surface area contributed by atoms with Gasteiger partial charge in [0.1, 0.15) is 0 Å². The van der Waals surface area contributed by atoms with Gasteiger partial charge in [0.05, 0.1) is 18.7 Å². The van der Waals surface area contributed by atoms with E-state index in [4.69, 9.17) is 22.1 Å². The number of nitrogens with zero attached hydrogens (tertiary/aromatic N) is 4. The number of methoxy groups -OCH3 is 1. The molecule has 10 heteroatoms. The Morgan fingerprint density at radius 3 is 2.73 bits per heavy atom. The second-order valence-corrected chi connectivity index (χ2v) is 8.52. The van der Waals surface area contributed by atoms with Crippen LogP contribution in [0.2, 0.25) is 0 Å². The van der Waals surface area contributed by atoms with E-state index in [-0.39, 0.29) is 11.5 Å². The van der Waals surface area contributed by atoms with Crippen LogP contribution < -0.4 is 9.47 Å². The molecule has 3 aromatic rings. The summed E-state index contributed by atoms with van der Waals surface area (Å²) in [5.74, 6) is 1.21. The first-order valence-corrected chi connectivity index (χ1v) is 10.8. The first-order valence-electron chi connectivity index (χ1n) is 9.49. The van der Waals surface area contributed by atoms with Crippen molar-refractivity contribution in [1.82, 2.24) is 19.2 Å². The van der Waals surface area contributed by atoms with Crippen LogP contribution in [0.25, 0.3) is 10.7 Å². The van der Waals surface area contributed by atoms with Gasteiger partial charge in [0.25, 0.3) is 0 Å². The first kappa shape index (κ1) is 21.0. The van der Waals surface area contributed by atoms with Crippen molar-refractivity contribution in [1.29, 1.82) is 0 Å². The lowest BCUT2D eigenvalue weighted by molar-refractivity contribution is -0.0512. The van der Waals surface area contributed by atoms with E-state index in [2.05, 4.69) is 20.3 Å². The smallest absolute Gasteiger partial charge is 0.387 e. The highest BCUT2D eigenvalue weighted by atomic mass is 32.1. The van der Waals surface area contributed by atoms with Gasteiger partial charge in [-0.15, -0.1) is 16.4 Å². The number of hydrogen-bond donors (Lipinski definition) is 0. The van der Waals surface area contributed by atoms with Crippen LogP contribution in [0.15, 0.2) is 35.7 Å². The zero-order valence-corrected chi connectivity index (χ0v) is 18.3. The molecule has 2 aromatic heterocycles. The Kier molecular flexibility index (Phi) is 6.16. The van der Waals surface area contributed by atoms with Crippen molar-refractivity contribution in [3.63, 3.8) is 0 Å². The van der Waals surface area contributed by atoms with E-state index < -0.39 is 6.61 Å². The van der Waals surface area contributed by atoms with Crippen LogP contribution in [0.1, 0.15) is 24.4 Å². The number of hydrogen-bond acceptors (Lipinski definition) is 6. The predicted octanol–water partition coefficient (Wildman–Crippen LogP) is 5.18. The summed E-state index contributed by atoms with van der Waals surface area (Å²) in [6.07, 6.45) is 2.25. The minimum Gasteiger partial charge on any atom is -0.493 e. The van der Waals surface area contributed by atoms with Crippen molar-refractivity contribution in [2.75, 3.05) is 14.2 Å². The Hall–Kier alpha value is -2.30. The van der Waals surface area contributed by atoms with Crippen molar-refractivity contribution >= 4 is 23.6 Å². The van der Waals surface area contributed by atoms with Crippen LogP contribution in [0.5, 0.6) is 11.5 Å². The molecule has 0 saturated heterocycles. The zero-order chi connectivity index (χ0) is 21.3. The third kappa shape index (κ3) is 4.55. The highest BCUT2D eigenvalue weighted by molar-refractivity contribution is 7.71. The number of benzene rings is 1. The molecule has 0 unspecified atom stereocenters. The summed E-state index contributed by atoms with van der Waals surface area (Å²) in [7, 11) is 3.38. The Balaban J connectivity index is 1.51. The van der Waals surface area contributed by atoms with E-state index in [1.807, 2.05) is 23.2 Å². The van der Waals surface area contributed by atoms with E-state index in [1.54, 1.807) is 23.5 Å². The monoisotopic (exact) mass is 452 g/mol. The largest absolute Gasteiger partial charge is 0.493 e. The molecular formula is C20H22F2N4O2S2. The topological polar surface area (TPSA) is 44.5 Å². The second kappa shape index (κ2) is 8.83. The molecule has 1 saturated carbocycles. The minimum atomic E-state index is -2.89. The molecular weight excluding hydrogens is 430 g/mol. The van der Waals surface area contributed by atoms with Crippen LogP contribution in [-0.4, -0.2) is 40.0 Å². The van der Waals surface area contributed by atoms with Gasteiger partial charge in [-0.3, -0.25) is 9.47 Å². The fraction of sp³-hybridized carbons (Fsp3) is 0.400. The van der Waals surface area contributed by atoms with Crippen LogP contribution >= 0.6 is 23.6 Å². The molecule has 2 heterocycles. The number of rotatable bonds is 9. The zero-order valence-electron chi connectivity index (χ0n) is 16.6. The van der Waals surface area contributed by atoms with Crippen molar-refractivity contribution in [3.05, 3.63) is 46.0 Å². The maximum Gasteiger partial charge on any atom is 0.387 e. The fourth-order valence-electron chi connectivity index (χ4n) is 3.34. The average Bonchev–Trinajstić information content (AvgIpc) is 3.28. The molecule has 160 valence electrons. The minimum absolute atomic E-state index is 0.0184. The third-order valence-corrected chi connectivity index (χ3v) is 6.07. The number of halogens is 2. The number of thiophene rings is 1. The molecule has 1 aromatic carbocycles. The summed E-state index contributed by atoms with van der Waals surface area (Å²) >= 11 is 7.37. The first-order chi connectivity index (χ1) is 14.5. The normalized spacial score (nSPS) is 13.9. The molecule has 4 rings (SSSR count). The summed E-state index contributed by atoms with van der Waals surface area (Å²) in [6, 6.07) is 9.45. The van der Waals surface area contributed by atoms with Crippen LogP contribution in [-0.2, 0) is 13.2 Å². The van der Waals surface area contributed by atoms with Crippen molar-refractivity contribution < 1.29 is 18.3 Å². The molecule has 0 N–H and O–H groups in total. The second-order valence-electron chi connectivity index (χ2n) is 7.20. The third-order valence-electron chi connectivity index (χ3n) is 4.80. The van der Waals surface area contributed by atoms with Gasteiger partial charge in [-0.05, 0) is 61.2 Å². The summed E-state index contributed by atoms with van der Waals surface area (Å²) in [5.41, 5.74) is 0.905. The summed E-state index contributed by atoms with van der Waals surface area (Å²) in [4.78, 5) is 3.16. The van der Waals surface area contributed by atoms with Crippen LogP contribution in [0, 0.1) is 4.77 Å². The van der Waals surface area contributed by atoms with Crippen molar-refractivity contribution in [3.8, 4) is 22.2 Å². The Labute approximate surface area is 182 Å². The molecule has 0 aliphatic heterocycles. The SMILES string of the molecule is COc1cc(CN(C)Cn2nc(-c3cccs3)n(C3CC3)c2=S)ccc1OC(F)F. The Morgan fingerprint density at radius 1 is 1.30 bits per heavy atom. The molecule has 1 aliphatic rings. The fourth-order valence-corrected chi connectivity index (χ4v) is 4.38. The van der Waals surface area contributed by atoms with Crippen molar-refractivity contribution in [2.24, 2.45) is 0 Å². The molecule has 1 aliphatic carbocycles. The van der Waals surface area contributed by atoms with Crippen molar-refractivity contribution in [2.45, 2.75) is 38.7 Å². The molecule has 6 nitrogen and oxygen atoms in total. The van der Waals surface area contributed by atoms with E-state index in [9.17, 15) is 8.78 Å². The van der Waals surface area contributed by atoms with Gasteiger partial charge < -0.3 is 9.47 Å². The summed E-state index contributed by atoms with van der Waals surface area (Å²) < 4.78 is 39.4. The van der Waals surface area contributed by atoms with Gasteiger partial charge in [0.15, 0.2) is 22.1 Å². The molecule has 30 heavy (non-hydrogen) atoms. The summed E-state index contributed by atoms with van der Waals surface area (Å²) in [5, 5.41) is 6.83. The summed E-state index contributed by atoms with van der Waals surface area (Å²) in [6.45, 7) is -1.82. The van der Waals surface area contributed by atoms with Gasteiger partial charge in [-0.2, -0.15) is 8.78 Å². The maximum absolute atomic E-state index is 12.5. The highest BCUT2D eigenvalue weighted by Crippen LogP contribution is 2.39. The lowest BCUT2D eigenvalue weighted by atomic mass is 10.2. The molecule has 0 spiro atoms. The van der Waals surface area contributed by atoms with Crippen LogP contribution in [0.4, 0.5) is 8.78 Å². The lowest BCUT2D eigenvalue weighted by Crippen LogP contribution is -2.22. The van der Waals surface area contributed by atoms with Gasteiger partial charge >= 0.3 is 6.61 Å². The molecule has 0 amide bonds. The molecule has 0 bridgehead atoms. The predicted molar refractivity (Wildman–Crippen MR) is 114 cm³/mol. The quantitative estimate of drug-likeness (QED) is 0.419. The van der Waals surface area contributed by atoms with E-state index in [0.29, 0.717) is 24.0 Å². The number of ether oxygens (including phenoxy) is 2. The Morgan fingerprint density at radius 2 is 2.10 bits per heavy atom. The molecule has 1 fully saturated rings. The number of alkyl halides is 2. The average molecular weight is 453 g/mol. The van der Waals surface area contributed by atoms with Gasteiger partial charge in [-0.25, -0.2) is 4.68 Å². The van der Waals surface area contributed by atoms with E-state index in [0.717, 1.165) is 29.1 Å². The molecule has 0 atom stereocenters. The van der Waals surface area contributed by atoms with Gasteiger partial charge in [0.2, 0.25) is 0 Å². The van der Waals surface area contributed by atoms with Gasteiger partial charge in [0, 0.05) is 12.6 Å². The van der Waals surface area contributed by atoms with E-state index >= 15 is 0 Å². The van der Waals surface area contributed by atoms with E-state index in [1.165, 1.54) is 13.2 Å². The molecule has 0 radical (unpaired) electrons. The Bertz CT molecular complexity index is 1060. The highest BCUT2D eigenvalue weighted by Gasteiger charge is 2.29. The maximum atomic E-state index is 12.5. The lowest BCUT2D eigenvalue weighted by Gasteiger charge is -2.18. The van der Waals surface area contributed by atoms with Crippen LogP contribution in [0.3, 0.4) is 0 Å². The van der Waals surface area contributed by atoms with Gasteiger partial charge in [-0.1, -0.05) is 12.1 Å². The standard InChI is InChI=1S/C20H22F2N4O2S2/c1-24(11-13-5-8-15(28-19(21)22)16(10-13)27-2)12-25-20(29)26(14-6-7-14)18(23-25)17-4-3-9-30-17/h3-5,8-10,14,19H,6-7,11-12H2,1-2H3. The number of aromatic nitrogens is 3.